The molecule has 0 aromatic heterocycles. The molecule has 16 heavy (non-hydrogen) atoms. The van der Waals surface area contributed by atoms with Crippen molar-refractivity contribution < 1.29 is 4.74 Å². The third-order valence-electron chi connectivity index (χ3n) is 2.00. The minimum absolute atomic E-state index is 0.402. The van der Waals surface area contributed by atoms with Crippen LogP contribution in [0.15, 0.2) is 29.4 Å². The van der Waals surface area contributed by atoms with Crippen molar-refractivity contribution in [2.24, 2.45) is 5.11 Å². The quantitative estimate of drug-likeness (QED) is 0.408. The third kappa shape index (κ3) is 4.82. The van der Waals surface area contributed by atoms with Gasteiger partial charge in [-0.15, -0.1) is 0 Å². The summed E-state index contributed by atoms with van der Waals surface area (Å²) in [5.41, 5.74) is 10.3. The first-order chi connectivity index (χ1) is 7.72. The van der Waals surface area contributed by atoms with Crippen molar-refractivity contribution in [3.8, 4) is 0 Å². The van der Waals surface area contributed by atoms with Crippen LogP contribution in [-0.4, -0.2) is 6.61 Å². The van der Waals surface area contributed by atoms with E-state index in [-0.39, 0.29) is 0 Å². The van der Waals surface area contributed by atoms with Crippen LogP contribution in [0.4, 0.5) is 0 Å². The van der Waals surface area contributed by atoms with Crippen molar-refractivity contribution in [1.82, 2.24) is 0 Å². The highest BCUT2D eigenvalue weighted by Crippen LogP contribution is 2.08. The van der Waals surface area contributed by atoms with Crippen molar-refractivity contribution in [3.05, 3.63) is 51.8 Å². The van der Waals surface area contributed by atoms with Crippen LogP contribution < -0.4 is 0 Å². The molecular weight excluding hydrogens is 202 g/mol. The molecule has 1 rings (SSSR count). The van der Waals surface area contributed by atoms with Crippen LogP contribution in [0.5, 0.6) is 0 Å². The Morgan fingerprint density at radius 1 is 1.25 bits per heavy atom. The molecule has 0 heterocycles. The SMILES string of the molecule is C[C](C)COCc1ccc(CN=[N+]=[N-])cc1. The van der Waals surface area contributed by atoms with Crippen molar-refractivity contribution in [3.63, 3.8) is 0 Å². The summed E-state index contributed by atoms with van der Waals surface area (Å²) in [4.78, 5) is 2.72. The Morgan fingerprint density at radius 3 is 2.44 bits per heavy atom. The maximum atomic E-state index is 8.19. The highest BCUT2D eigenvalue weighted by molar-refractivity contribution is 5.21. The van der Waals surface area contributed by atoms with Gasteiger partial charge >= 0.3 is 0 Å². The van der Waals surface area contributed by atoms with Crippen LogP contribution in [-0.2, 0) is 17.9 Å². The molecule has 0 aliphatic carbocycles. The molecule has 0 saturated heterocycles. The maximum absolute atomic E-state index is 8.19. The molecule has 4 heteroatoms. The number of hydrogen-bond acceptors (Lipinski definition) is 2. The molecule has 4 nitrogen and oxygen atoms in total. The highest BCUT2D eigenvalue weighted by Gasteiger charge is 1.97. The van der Waals surface area contributed by atoms with Gasteiger partial charge in [0.2, 0.25) is 0 Å². The van der Waals surface area contributed by atoms with E-state index in [0.717, 1.165) is 11.1 Å². The molecule has 1 aromatic carbocycles. The largest absolute Gasteiger partial charge is 0.376 e. The molecule has 1 aromatic rings. The van der Waals surface area contributed by atoms with Crippen LogP contribution in [0.2, 0.25) is 0 Å². The van der Waals surface area contributed by atoms with E-state index >= 15 is 0 Å². The lowest BCUT2D eigenvalue weighted by Gasteiger charge is -2.06. The monoisotopic (exact) mass is 218 g/mol. The predicted molar refractivity (Wildman–Crippen MR) is 63.5 cm³/mol. The summed E-state index contributed by atoms with van der Waals surface area (Å²) < 4.78 is 5.48. The van der Waals surface area contributed by atoms with E-state index < -0.39 is 0 Å². The number of nitrogens with zero attached hydrogens (tertiary/aromatic N) is 3. The first-order valence-electron chi connectivity index (χ1n) is 5.18. The summed E-state index contributed by atoms with van der Waals surface area (Å²) in [6.45, 7) is 5.80. The van der Waals surface area contributed by atoms with Gasteiger partial charge in [-0.1, -0.05) is 43.2 Å². The first-order valence-corrected chi connectivity index (χ1v) is 5.18. The molecule has 0 atom stereocenters. The molecule has 1 radical (unpaired) electrons. The number of benzene rings is 1. The van der Waals surface area contributed by atoms with Gasteiger partial charge in [0.05, 0.1) is 19.8 Å². The molecule has 0 N–H and O–H groups in total. The van der Waals surface area contributed by atoms with Gasteiger partial charge in [0, 0.05) is 4.91 Å². The van der Waals surface area contributed by atoms with Crippen molar-refractivity contribution in [2.75, 3.05) is 6.61 Å². The minimum atomic E-state index is 0.402. The zero-order valence-electron chi connectivity index (χ0n) is 9.68. The van der Waals surface area contributed by atoms with Gasteiger partial charge in [0.25, 0.3) is 0 Å². The van der Waals surface area contributed by atoms with E-state index in [0.29, 0.717) is 19.8 Å². The lowest BCUT2D eigenvalue weighted by Crippen LogP contribution is -2.00. The standard InChI is InChI=1S/C12H16N3O/c1-10(2)8-16-9-12-5-3-11(4-6-12)7-14-15-13/h3-6H,7-9H2,1-2H3. The van der Waals surface area contributed by atoms with Gasteiger partial charge in [-0.25, -0.2) is 0 Å². The van der Waals surface area contributed by atoms with Crippen LogP contribution in [0.25, 0.3) is 10.4 Å². The van der Waals surface area contributed by atoms with E-state index in [1.807, 2.05) is 38.1 Å². The van der Waals surface area contributed by atoms with Crippen LogP contribution in [0.3, 0.4) is 0 Å². The van der Waals surface area contributed by atoms with Gasteiger partial charge in [-0.05, 0) is 22.6 Å². The summed E-state index contributed by atoms with van der Waals surface area (Å²) >= 11 is 0. The Hall–Kier alpha value is -1.51. The summed E-state index contributed by atoms with van der Waals surface area (Å²) in [5.74, 6) is 1.26. The fourth-order valence-electron chi connectivity index (χ4n) is 1.23. The summed E-state index contributed by atoms with van der Waals surface area (Å²) in [7, 11) is 0. The zero-order chi connectivity index (χ0) is 11.8. The molecule has 0 bridgehead atoms. The third-order valence-corrected chi connectivity index (χ3v) is 2.00. The number of ether oxygens (including phenoxy) is 1. The molecule has 0 aliphatic rings. The maximum Gasteiger partial charge on any atom is 0.0717 e. The number of rotatable bonds is 6. The smallest absolute Gasteiger partial charge is 0.0717 e. The Morgan fingerprint density at radius 2 is 1.88 bits per heavy atom. The highest BCUT2D eigenvalue weighted by atomic mass is 16.5. The van der Waals surface area contributed by atoms with E-state index in [1.54, 1.807) is 0 Å². The van der Waals surface area contributed by atoms with Crippen molar-refractivity contribution in [2.45, 2.75) is 27.0 Å². The Bertz CT molecular complexity index is 353. The molecule has 0 spiro atoms. The molecule has 0 amide bonds. The Kier molecular flexibility index (Phi) is 5.40. The zero-order valence-corrected chi connectivity index (χ0v) is 9.68. The van der Waals surface area contributed by atoms with Gasteiger partial charge < -0.3 is 4.74 Å². The van der Waals surface area contributed by atoms with E-state index in [1.165, 1.54) is 5.92 Å². The van der Waals surface area contributed by atoms with Crippen molar-refractivity contribution in [1.29, 1.82) is 0 Å². The average molecular weight is 218 g/mol. The lowest BCUT2D eigenvalue weighted by molar-refractivity contribution is 0.131. The van der Waals surface area contributed by atoms with Crippen LogP contribution in [0, 0.1) is 5.92 Å². The fraction of sp³-hybridized carbons (Fsp3) is 0.417. The molecule has 0 aliphatic heterocycles. The molecular formula is C12H16N3O. The van der Waals surface area contributed by atoms with E-state index in [2.05, 4.69) is 10.0 Å². The predicted octanol–water partition coefficient (Wildman–Crippen LogP) is 3.63. The summed E-state index contributed by atoms with van der Waals surface area (Å²) in [5, 5.41) is 3.50. The molecule has 0 saturated carbocycles. The van der Waals surface area contributed by atoms with Crippen LogP contribution in [0.1, 0.15) is 25.0 Å². The molecule has 0 fully saturated rings. The average Bonchev–Trinajstić information content (AvgIpc) is 2.27. The Balaban J connectivity index is 2.41. The topological polar surface area (TPSA) is 58.0 Å². The lowest BCUT2D eigenvalue weighted by atomic mass is 10.1. The fourth-order valence-corrected chi connectivity index (χ4v) is 1.23. The molecule has 0 unspecified atom stereocenters. The summed E-state index contributed by atoms with van der Waals surface area (Å²) in [6.07, 6.45) is 0. The Labute approximate surface area is 95.9 Å². The van der Waals surface area contributed by atoms with Gasteiger partial charge in [-0.3, -0.25) is 0 Å². The van der Waals surface area contributed by atoms with Gasteiger partial charge in [0.1, 0.15) is 0 Å². The van der Waals surface area contributed by atoms with Gasteiger partial charge in [-0.2, -0.15) is 0 Å². The second kappa shape index (κ2) is 6.88. The second-order valence-electron chi connectivity index (χ2n) is 3.91. The van der Waals surface area contributed by atoms with E-state index in [9.17, 15) is 0 Å². The van der Waals surface area contributed by atoms with Crippen molar-refractivity contribution >= 4 is 0 Å². The number of hydrogen-bond donors (Lipinski definition) is 0. The minimum Gasteiger partial charge on any atom is -0.376 e. The van der Waals surface area contributed by atoms with E-state index in [4.69, 9.17) is 10.3 Å². The van der Waals surface area contributed by atoms with Gasteiger partial charge in [0.15, 0.2) is 0 Å². The number of azide groups is 1. The molecule has 85 valence electrons. The second-order valence-corrected chi connectivity index (χ2v) is 3.91. The first kappa shape index (κ1) is 12.6. The van der Waals surface area contributed by atoms with Crippen LogP contribution >= 0.6 is 0 Å². The summed E-state index contributed by atoms with van der Waals surface area (Å²) in [6, 6.07) is 7.90. The normalized spacial score (nSPS) is 10.2.